The van der Waals surface area contributed by atoms with E-state index in [-0.39, 0.29) is 30.1 Å². The van der Waals surface area contributed by atoms with Gasteiger partial charge in [0.2, 0.25) is 5.91 Å². The summed E-state index contributed by atoms with van der Waals surface area (Å²) in [6.07, 6.45) is 5.70. The number of nitrogens with zero attached hydrogens (tertiary/aromatic N) is 1. The first-order valence-corrected chi connectivity index (χ1v) is 8.03. The van der Waals surface area contributed by atoms with E-state index >= 15 is 0 Å². The fourth-order valence-corrected chi connectivity index (χ4v) is 3.05. The highest BCUT2D eigenvalue weighted by Gasteiger charge is 2.27. The Morgan fingerprint density at radius 3 is 2.62 bits per heavy atom. The molecule has 1 aliphatic carbocycles. The maximum absolute atomic E-state index is 12.1. The zero-order valence-electron chi connectivity index (χ0n) is 13.1. The van der Waals surface area contributed by atoms with Gasteiger partial charge in [0.1, 0.15) is 0 Å². The van der Waals surface area contributed by atoms with Crippen LogP contribution < -0.4 is 10.6 Å². The third-order valence-corrected chi connectivity index (χ3v) is 4.38. The van der Waals surface area contributed by atoms with Crippen LogP contribution in [0.25, 0.3) is 0 Å². The van der Waals surface area contributed by atoms with E-state index in [0.717, 1.165) is 38.8 Å². The maximum Gasteiger partial charge on any atom is 0.321 e. The molecule has 1 saturated carbocycles. The molecule has 2 fully saturated rings. The molecule has 0 spiro atoms. The van der Waals surface area contributed by atoms with E-state index < -0.39 is 0 Å². The number of nitrogens with one attached hydrogen (secondary N) is 2. The van der Waals surface area contributed by atoms with Crippen LogP contribution in [0.4, 0.5) is 4.79 Å². The van der Waals surface area contributed by atoms with E-state index in [4.69, 9.17) is 4.74 Å². The normalized spacial score (nSPS) is 26.1. The molecule has 120 valence electrons. The van der Waals surface area contributed by atoms with E-state index in [1.54, 1.807) is 0 Å². The second-order valence-electron chi connectivity index (χ2n) is 6.15. The van der Waals surface area contributed by atoms with Gasteiger partial charge in [0.15, 0.2) is 0 Å². The highest BCUT2D eigenvalue weighted by molar-refractivity contribution is 5.96. The van der Waals surface area contributed by atoms with Crippen LogP contribution in [0.5, 0.6) is 0 Å². The highest BCUT2D eigenvalue weighted by Crippen LogP contribution is 2.17. The van der Waals surface area contributed by atoms with Crippen molar-refractivity contribution in [2.24, 2.45) is 0 Å². The predicted octanol–water partition coefficient (Wildman–Crippen LogP) is 1.25. The molecule has 6 heteroatoms. The van der Waals surface area contributed by atoms with Crippen LogP contribution in [-0.2, 0) is 9.53 Å². The van der Waals surface area contributed by atoms with Crippen molar-refractivity contribution in [2.75, 3.05) is 19.7 Å². The van der Waals surface area contributed by atoms with Crippen LogP contribution in [0.15, 0.2) is 0 Å². The molecule has 0 radical (unpaired) electrons. The van der Waals surface area contributed by atoms with Crippen LogP contribution in [0, 0.1) is 0 Å². The maximum atomic E-state index is 12.1. The van der Waals surface area contributed by atoms with Crippen molar-refractivity contribution in [2.45, 2.75) is 64.1 Å². The Hall–Kier alpha value is -1.14. The second-order valence-corrected chi connectivity index (χ2v) is 6.15. The highest BCUT2D eigenvalue weighted by atomic mass is 16.5. The van der Waals surface area contributed by atoms with Crippen LogP contribution >= 0.6 is 0 Å². The number of ether oxygens (including phenoxy) is 1. The average Bonchev–Trinajstić information content (AvgIpc) is 2.47. The standard InChI is InChI=1S/C15H27N3O3/c1-11-10-18(8-9-21-11)12(2)14(19)17-15(20)16-13-6-4-3-5-7-13/h11-13H,3-10H2,1-2H3,(H2,16,17,19,20). The second kappa shape index (κ2) is 7.75. The smallest absolute Gasteiger partial charge is 0.321 e. The number of urea groups is 1. The van der Waals surface area contributed by atoms with Gasteiger partial charge in [-0.05, 0) is 26.7 Å². The minimum atomic E-state index is -0.361. The topological polar surface area (TPSA) is 70.7 Å². The Labute approximate surface area is 126 Å². The van der Waals surface area contributed by atoms with Gasteiger partial charge in [-0.3, -0.25) is 15.0 Å². The van der Waals surface area contributed by atoms with Crippen LogP contribution in [0.2, 0.25) is 0 Å². The summed E-state index contributed by atoms with van der Waals surface area (Å²) in [5.41, 5.74) is 0. The van der Waals surface area contributed by atoms with E-state index in [2.05, 4.69) is 15.5 Å². The first-order chi connectivity index (χ1) is 10.1. The number of carbonyl (C=O) groups is 2. The van der Waals surface area contributed by atoms with Gasteiger partial charge in [-0.25, -0.2) is 4.79 Å². The number of hydrogen-bond donors (Lipinski definition) is 2. The van der Waals surface area contributed by atoms with Gasteiger partial charge in [0.25, 0.3) is 0 Å². The number of amides is 3. The van der Waals surface area contributed by atoms with Gasteiger partial charge >= 0.3 is 6.03 Å². The molecule has 1 saturated heterocycles. The Bertz CT molecular complexity index is 369. The fraction of sp³-hybridized carbons (Fsp3) is 0.867. The molecule has 1 aliphatic heterocycles. The Morgan fingerprint density at radius 1 is 1.24 bits per heavy atom. The molecule has 0 aromatic rings. The summed E-state index contributed by atoms with van der Waals surface area (Å²) >= 11 is 0. The van der Waals surface area contributed by atoms with Gasteiger partial charge in [0.05, 0.1) is 18.8 Å². The summed E-state index contributed by atoms with van der Waals surface area (Å²) < 4.78 is 5.47. The SMILES string of the molecule is CC1CN(C(C)C(=O)NC(=O)NC2CCCCC2)CCO1. The summed E-state index contributed by atoms with van der Waals surface area (Å²) in [4.78, 5) is 26.1. The number of imide groups is 1. The molecule has 0 bridgehead atoms. The molecule has 2 rings (SSSR count). The minimum Gasteiger partial charge on any atom is -0.376 e. The minimum absolute atomic E-state index is 0.130. The number of rotatable bonds is 3. The van der Waals surface area contributed by atoms with Gasteiger partial charge < -0.3 is 10.1 Å². The van der Waals surface area contributed by atoms with E-state index in [1.807, 2.05) is 13.8 Å². The molecular formula is C15H27N3O3. The van der Waals surface area contributed by atoms with E-state index in [9.17, 15) is 9.59 Å². The Kier molecular flexibility index (Phi) is 5.99. The first kappa shape index (κ1) is 16.2. The van der Waals surface area contributed by atoms with E-state index in [1.165, 1.54) is 6.42 Å². The summed E-state index contributed by atoms with van der Waals surface area (Å²) in [5.74, 6) is -0.239. The van der Waals surface area contributed by atoms with Crippen LogP contribution in [0.1, 0.15) is 46.0 Å². The number of morpholine rings is 1. The molecule has 2 atom stereocenters. The fourth-order valence-electron chi connectivity index (χ4n) is 3.05. The van der Waals surface area contributed by atoms with Crippen LogP contribution in [-0.4, -0.2) is 54.7 Å². The van der Waals surface area contributed by atoms with Crippen molar-refractivity contribution < 1.29 is 14.3 Å². The van der Waals surface area contributed by atoms with Gasteiger partial charge in [-0.1, -0.05) is 19.3 Å². The lowest BCUT2D eigenvalue weighted by molar-refractivity contribution is -0.127. The Balaban J connectivity index is 1.75. The molecule has 2 aliphatic rings. The molecule has 21 heavy (non-hydrogen) atoms. The average molecular weight is 297 g/mol. The molecule has 6 nitrogen and oxygen atoms in total. The lowest BCUT2D eigenvalue weighted by Crippen LogP contribution is -2.54. The zero-order valence-corrected chi connectivity index (χ0v) is 13.1. The predicted molar refractivity (Wildman–Crippen MR) is 80.0 cm³/mol. The molecule has 0 aromatic carbocycles. The summed E-state index contributed by atoms with van der Waals surface area (Å²) in [7, 11) is 0. The van der Waals surface area contributed by atoms with Crippen molar-refractivity contribution in [1.82, 2.24) is 15.5 Å². The van der Waals surface area contributed by atoms with Crippen molar-refractivity contribution in [1.29, 1.82) is 0 Å². The van der Waals surface area contributed by atoms with Gasteiger partial charge in [0, 0.05) is 19.1 Å². The largest absolute Gasteiger partial charge is 0.376 e. The summed E-state index contributed by atoms with van der Waals surface area (Å²) in [5, 5.41) is 5.37. The van der Waals surface area contributed by atoms with Gasteiger partial charge in [-0.2, -0.15) is 0 Å². The van der Waals surface area contributed by atoms with Crippen LogP contribution in [0.3, 0.4) is 0 Å². The summed E-state index contributed by atoms with van der Waals surface area (Å²) in [6, 6.07) is -0.459. The summed E-state index contributed by atoms with van der Waals surface area (Å²) in [6.45, 7) is 5.91. The number of carbonyl (C=O) groups excluding carboxylic acids is 2. The first-order valence-electron chi connectivity index (χ1n) is 8.03. The number of hydrogen-bond acceptors (Lipinski definition) is 4. The molecule has 0 aromatic heterocycles. The molecule has 1 heterocycles. The third-order valence-electron chi connectivity index (χ3n) is 4.38. The van der Waals surface area contributed by atoms with E-state index in [0.29, 0.717) is 6.61 Å². The lowest BCUT2D eigenvalue weighted by atomic mass is 9.96. The van der Waals surface area contributed by atoms with Crippen molar-refractivity contribution in [3.05, 3.63) is 0 Å². The Morgan fingerprint density at radius 2 is 1.95 bits per heavy atom. The molecule has 3 amide bonds. The third kappa shape index (κ3) is 4.97. The van der Waals surface area contributed by atoms with Crippen molar-refractivity contribution in [3.8, 4) is 0 Å². The van der Waals surface area contributed by atoms with Gasteiger partial charge in [-0.15, -0.1) is 0 Å². The monoisotopic (exact) mass is 297 g/mol. The molecular weight excluding hydrogens is 270 g/mol. The lowest BCUT2D eigenvalue weighted by Gasteiger charge is -2.34. The van der Waals surface area contributed by atoms with Crippen molar-refractivity contribution in [3.63, 3.8) is 0 Å². The van der Waals surface area contributed by atoms with Crippen molar-refractivity contribution >= 4 is 11.9 Å². The quantitative estimate of drug-likeness (QED) is 0.822. The molecule has 2 unspecified atom stereocenters. The molecule has 2 N–H and O–H groups in total. The zero-order chi connectivity index (χ0) is 15.2.